The van der Waals surface area contributed by atoms with Crippen molar-refractivity contribution in [3.05, 3.63) is 70.2 Å². The number of hydrazone groups is 1. The zero-order valence-electron chi connectivity index (χ0n) is 11.2. The molecule has 0 radical (unpaired) electrons. The monoisotopic (exact) mass is 343 g/mol. The Morgan fingerprint density at radius 3 is 2.43 bits per heavy atom. The number of hydrogen-bond acceptors (Lipinski definition) is 3. The fourth-order valence-corrected chi connectivity index (χ4v) is 1.96. The summed E-state index contributed by atoms with van der Waals surface area (Å²) in [6.45, 7) is 0. The second kappa shape index (κ2) is 7.40. The highest BCUT2D eigenvalue weighted by molar-refractivity contribution is 9.12. The Morgan fingerprint density at radius 1 is 1.10 bits per heavy atom. The van der Waals surface area contributed by atoms with Gasteiger partial charge < -0.3 is 5.73 Å². The average molecular weight is 344 g/mol. The van der Waals surface area contributed by atoms with Crippen LogP contribution in [0.15, 0.2) is 64.2 Å². The summed E-state index contributed by atoms with van der Waals surface area (Å²) in [6.07, 6.45) is 3.43. The summed E-state index contributed by atoms with van der Waals surface area (Å²) in [5.74, 6) is -0.286. The van der Waals surface area contributed by atoms with E-state index in [9.17, 15) is 4.79 Å². The van der Waals surface area contributed by atoms with Crippen LogP contribution in [0.5, 0.6) is 0 Å². The molecule has 0 atom stereocenters. The number of carbonyl (C=O) groups excluding carboxylic acids is 1. The van der Waals surface area contributed by atoms with E-state index in [1.54, 1.807) is 24.3 Å². The topological polar surface area (TPSA) is 67.5 Å². The van der Waals surface area contributed by atoms with Gasteiger partial charge in [-0.05, 0) is 51.8 Å². The standard InChI is InChI=1S/C16H14BrN3O/c17-14(10-12-4-2-1-3-5-12)11-19-20-16(21)13-6-8-15(18)9-7-13/h1-11H,18H2,(H,20,21)/b14-10-,19-11-. The van der Waals surface area contributed by atoms with E-state index in [0.29, 0.717) is 11.3 Å². The highest BCUT2D eigenvalue weighted by atomic mass is 79.9. The van der Waals surface area contributed by atoms with Gasteiger partial charge in [-0.15, -0.1) is 0 Å². The number of nitrogen functional groups attached to an aromatic ring is 1. The predicted octanol–water partition coefficient (Wildman–Crippen LogP) is 3.42. The van der Waals surface area contributed by atoms with Gasteiger partial charge in [0.05, 0.1) is 6.21 Å². The normalized spacial score (nSPS) is 11.6. The number of nitrogens with two attached hydrogens (primary N) is 1. The van der Waals surface area contributed by atoms with Crippen LogP contribution in [-0.4, -0.2) is 12.1 Å². The number of amides is 1. The van der Waals surface area contributed by atoms with Crippen LogP contribution >= 0.6 is 15.9 Å². The van der Waals surface area contributed by atoms with E-state index in [1.807, 2.05) is 36.4 Å². The Hall–Kier alpha value is -2.40. The fourth-order valence-electron chi connectivity index (χ4n) is 1.60. The van der Waals surface area contributed by atoms with E-state index in [0.717, 1.165) is 10.0 Å². The zero-order valence-corrected chi connectivity index (χ0v) is 12.7. The summed E-state index contributed by atoms with van der Waals surface area (Å²) >= 11 is 3.37. The van der Waals surface area contributed by atoms with Gasteiger partial charge in [-0.25, -0.2) is 5.43 Å². The Morgan fingerprint density at radius 2 is 1.76 bits per heavy atom. The zero-order chi connectivity index (χ0) is 15.1. The molecule has 21 heavy (non-hydrogen) atoms. The SMILES string of the molecule is Nc1ccc(C(=O)N/N=C\C(Br)=C\c2ccccc2)cc1. The van der Waals surface area contributed by atoms with Crippen LogP contribution in [0.3, 0.4) is 0 Å². The van der Waals surface area contributed by atoms with E-state index < -0.39 is 0 Å². The number of rotatable bonds is 4. The number of nitrogens with one attached hydrogen (secondary N) is 1. The smallest absolute Gasteiger partial charge is 0.271 e. The lowest BCUT2D eigenvalue weighted by atomic mass is 10.2. The molecule has 5 heteroatoms. The van der Waals surface area contributed by atoms with Gasteiger partial charge in [0.1, 0.15) is 0 Å². The van der Waals surface area contributed by atoms with Crippen LogP contribution < -0.4 is 11.2 Å². The maximum absolute atomic E-state index is 11.8. The molecule has 0 aliphatic carbocycles. The first kappa shape index (κ1) is 15.0. The Balaban J connectivity index is 1.94. The van der Waals surface area contributed by atoms with Crippen molar-refractivity contribution in [1.29, 1.82) is 0 Å². The van der Waals surface area contributed by atoms with Crippen LogP contribution in [0.2, 0.25) is 0 Å². The molecule has 0 fully saturated rings. The molecule has 0 bridgehead atoms. The Bertz CT molecular complexity index is 664. The number of benzene rings is 2. The van der Waals surface area contributed by atoms with Gasteiger partial charge in [0.15, 0.2) is 0 Å². The van der Waals surface area contributed by atoms with E-state index in [2.05, 4.69) is 26.5 Å². The van der Waals surface area contributed by atoms with Gasteiger partial charge in [0, 0.05) is 15.7 Å². The fraction of sp³-hybridized carbons (Fsp3) is 0. The van der Waals surface area contributed by atoms with Gasteiger partial charge in [0.2, 0.25) is 0 Å². The first-order valence-electron chi connectivity index (χ1n) is 6.26. The van der Waals surface area contributed by atoms with Crippen molar-refractivity contribution in [2.75, 3.05) is 5.73 Å². The third kappa shape index (κ3) is 4.89. The van der Waals surface area contributed by atoms with Crippen molar-refractivity contribution in [1.82, 2.24) is 5.43 Å². The lowest BCUT2D eigenvalue weighted by Crippen LogP contribution is -2.17. The predicted molar refractivity (Wildman–Crippen MR) is 90.2 cm³/mol. The molecule has 106 valence electrons. The van der Waals surface area contributed by atoms with Gasteiger partial charge in [-0.2, -0.15) is 5.10 Å². The summed E-state index contributed by atoms with van der Waals surface area (Å²) in [4.78, 5) is 11.8. The average Bonchev–Trinajstić information content (AvgIpc) is 2.49. The summed E-state index contributed by atoms with van der Waals surface area (Å²) in [6, 6.07) is 16.4. The third-order valence-electron chi connectivity index (χ3n) is 2.63. The minimum absolute atomic E-state index is 0.286. The van der Waals surface area contributed by atoms with Gasteiger partial charge in [-0.3, -0.25) is 4.79 Å². The van der Waals surface area contributed by atoms with Gasteiger partial charge in [-0.1, -0.05) is 30.3 Å². The molecular weight excluding hydrogens is 330 g/mol. The molecule has 0 aromatic heterocycles. The molecule has 2 aromatic rings. The van der Waals surface area contributed by atoms with Crippen molar-refractivity contribution in [3.8, 4) is 0 Å². The molecule has 0 aliphatic rings. The lowest BCUT2D eigenvalue weighted by Gasteiger charge is -2.00. The Kier molecular flexibility index (Phi) is 5.29. The van der Waals surface area contributed by atoms with E-state index in [4.69, 9.17) is 5.73 Å². The van der Waals surface area contributed by atoms with Gasteiger partial charge in [0.25, 0.3) is 5.91 Å². The molecule has 1 amide bonds. The molecule has 2 rings (SSSR count). The number of halogens is 1. The second-order valence-corrected chi connectivity index (χ2v) is 5.18. The molecule has 2 aromatic carbocycles. The van der Waals surface area contributed by atoms with Crippen LogP contribution in [0, 0.1) is 0 Å². The van der Waals surface area contributed by atoms with Crippen molar-refractivity contribution < 1.29 is 4.79 Å². The minimum Gasteiger partial charge on any atom is -0.399 e. The number of nitrogens with zero attached hydrogens (tertiary/aromatic N) is 1. The summed E-state index contributed by atoms with van der Waals surface area (Å²) in [7, 11) is 0. The number of hydrogen-bond donors (Lipinski definition) is 2. The van der Waals surface area contributed by atoms with Crippen LogP contribution in [0.4, 0.5) is 5.69 Å². The van der Waals surface area contributed by atoms with Crippen LogP contribution in [-0.2, 0) is 0 Å². The van der Waals surface area contributed by atoms with Crippen molar-refractivity contribution in [2.45, 2.75) is 0 Å². The second-order valence-electron chi connectivity index (χ2n) is 4.26. The highest BCUT2D eigenvalue weighted by Gasteiger charge is 2.02. The van der Waals surface area contributed by atoms with Crippen molar-refractivity contribution >= 4 is 39.8 Å². The summed E-state index contributed by atoms with van der Waals surface area (Å²) in [5, 5.41) is 3.90. The molecule has 0 saturated heterocycles. The molecule has 0 aliphatic heterocycles. The van der Waals surface area contributed by atoms with Crippen LogP contribution in [0.1, 0.15) is 15.9 Å². The van der Waals surface area contributed by atoms with E-state index >= 15 is 0 Å². The largest absolute Gasteiger partial charge is 0.399 e. The van der Waals surface area contributed by atoms with E-state index in [1.165, 1.54) is 6.21 Å². The number of carbonyl (C=O) groups is 1. The highest BCUT2D eigenvalue weighted by Crippen LogP contribution is 2.10. The first-order chi connectivity index (χ1) is 10.1. The maximum atomic E-state index is 11.8. The first-order valence-corrected chi connectivity index (χ1v) is 7.05. The van der Waals surface area contributed by atoms with Crippen molar-refractivity contribution in [2.24, 2.45) is 5.10 Å². The summed E-state index contributed by atoms with van der Waals surface area (Å²) in [5.41, 5.74) is 10.2. The molecule has 3 N–H and O–H groups in total. The van der Waals surface area contributed by atoms with Crippen molar-refractivity contribution in [3.63, 3.8) is 0 Å². The molecule has 4 nitrogen and oxygen atoms in total. The molecule has 0 spiro atoms. The molecule has 0 unspecified atom stereocenters. The third-order valence-corrected chi connectivity index (χ3v) is 3.06. The molecular formula is C16H14BrN3O. The summed E-state index contributed by atoms with van der Waals surface area (Å²) < 4.78 is 0.756. The maximum Gasteiger partial charge on any atom is 0.271 e. The number of anilines is 1. The van der Waals surface area contributed by atoms with Gasteiger partial charge >= 0.3 is 0 Å². The minimum atomic E-state index is -0.286. The van der Waals surface area contributed by atoms with Crippen LogP contribution in [0.25, 0.3) is 6.08 Å². The Labute approximate surface area is 131 Å². The lowest BCUT2D eigenvalue weighted by molar-refractivity contribution is 0.0955. The molecule has 0 saturated carbocycles. The van der Waals surface area contributed by atoms with E-state index in [-0.39, 0.29) is 5.91 Å². The number of allylic oxidation sites excluding steroid dienone is 1. The molecule has 0 heterocycles. The quantitative estimate of drug-likeness (QED) is 0.507.